The third kappa shape index (κ3) is 3.30. The molecule has 2 aromatic heterocycles. The van der Waals surface area contributed by atoms with Crippen molar-refractivity contribution in [2.75, 3.05) is 11.9 Å². The number of anilines is 1. The zero-order valence-electron chi connectivity index (χ0n) is 14.8. The highest BCUT2D eigenvalue weighted by Gasteiger charge is 2.15. The van der Waals surface area contributed by atoms with Crippen LogP contribution in [0.15, 0.2) is 29.2 Å². The molecule has 3 N–H and O–H groups in total. The molecule has 7 nitrogen and oxygen atoms in total. The summed E-state index contributed by atoms with van der Waals surface area (Å²) in [4.78, 5) is 27.7. The number of aromatic amines is 1. The van der Waals surface area contributed by atoms with Gasteiger partial charge >= 0.3 is 0 Å². The number of carbonyl (C=O) groups is 1. The lowest BCUT2D eigenvalue weighted by molar-refractivity contribution is 0.0950. The predicted octanol–water partition coefficient (Wildman–Crippen LogP) is 2.65. The molecule has 0 aliphatic heterocycles. The minimum absolute atomic E-state index is 0.0955. The zero-order chi connectivity index (χ0) is 18.8. The van der Waals surface area contributed by atoms with E-state index in [2.05, 4.69) is 20.7 Å². The van der Waals surface area contributed by atoms with Gasteiger partial charge < -0.3 is 15.6 Å². The molecule has 0 atom stereocenters. The van der Waals surface area contributed by atoms with E-state index < -0.39 is 0 Å². The minimum Gasteiger partial charge on any atom is -0.385 e. The number of aromatic nitrogens is 3. The fourth-order valence-corrected chi connectivity index (χ4v) is 3.13. The average Bonchev–Trinajstić information content (AvgIpc) is 3.06. The van der Waals surface area contributed by atoms with Crippen LogP contribution in [-0.2, 0) is 6.54 Å². The molecule has 2 heterocycles. The molecular weight excluding hydrogens is 354 g/mol. The Hall–Kier alpha value is -2.80. The van der Waals surface area contributed by atoms with Crippen LogP contribution in [0.3, 0.4) is 0 Å². The Morgan fingerprint density at radius 1 is 1.35 bits per heavy atom. The quantitative estimate of drug-likeness (QED) is 0.641. The van der Waals surface area contributed by atoms with E-state index in [1.807, 2.05) is 13.8 Å². The van der Waals surface area contributed by atoms with Crippen LogP contribution in [0.1, 0.15) is 34.1 Å². The maximum atomic E-state index is 12.7. The van der Waals surface area contributed by atoms with E-state index in [1.165, 1.54) is 0 Å². The van der Waals surface area contributed by atoms with Gasteiger partial charge in [0, 0.05) is 28.9 Å². The Morgan fingerprint density at radius 3 is 2.85 bits per heavy atom. The van der Waals surface area contributed by atoms with Crippen molar-refractivity contribution in [2.45, 2.75) is 27.3 Å². The van der Waals surface area contributed by atoms with Crippen LogP contribution in [0.5, 0.6) is 0 Å². The average molecular weight is 374 g/mol. The number of hydrogen-bond donors (Lipinski definition) is 3. The first-order valence-electron chi connectivity index (χ1n) is 8.30. The van der Waals surface area contributed by atoms with E-state index in [0.717, 1.165) is 17.8 Å². The van der Waals surface area contributed by atoms with Gasteiger partial charge in [-0.3, -0.25) is 9.59 Å². The molecular formula is C18H20ClN5O2. The van der Waals surface area contributed by atoms with Gasteiger partial charge in [-0.15, -0.1) is 0 Å². The summed E-state index contributed by atoms with van der Waals surface area (Å²) in [6.45, 7) is 6.45. The molecule has 3 rings (SSSR count). The number of rotatable bonds is 5. The van der Waals surface area contributed by atoms with Gasteiger partial charge in [0.15, 0.2) is 0 Å². The monoisotopic (exact) mass is 373 g/mol. The molecule has 0 saturated carbocycles. The topological polar surface area (TPSA) is 91.3 Å². The molecule has 1 aromatic carbocycles. The second-order valence-electron chi connectivity index (χ2n) is 5.99. The van der Waals surface area contributed by atoms with Crippen molar-refractivity contribution < 1.29 is 4.79 Å². The van der Waals surface area contributed by atoms with Crippen LogP contribution in [-0.4, -0.2) is 27.0 Å². The van der Waals surface area contributed by atoms with Crippen molar-refractivity contribution in [3.63, 3.8) is 0 Å². The van der Waals surface area contributed by atoms with Crippen molar-refractivity contribution in [2.24, 2.45) is 0 Å². The molecule has 1 amide bonds. The van der Waals surface area contributed by atoms with Crippen LogP contribution < -0.4 is 16.2 Å². The van der Waals surface area contributed by atoms with Crippen LogP contribution in [0.2, 0.25) is 5.02 Å². The first-order chi connectivity index (χ1) is 12.4. The summed E-state index contributed by atoms with van der Waals surface area (Å²) in [6.07, 6.45) is 1.61. The van der Waals surface area contributed by atoms with Crippen LogP contribution in [0.4, 0.5) is 5.69 Å². The van der Waals surface area contributed by atoms with E-state index in [-0.39, 0.29) is 18.0 Å². The number of benzene rings is 1. The molecule has 26 heavy (non-hydrogen) atoms. The Labute approximate surface area is 155 Å². The van der Waals surface area contributed by atoms with Gasteiger partial charge in [0.25, 0.3) is 11.5 Å². The maximum absolute atomic E-state index is 12.7. The third-order valence-electron chi connectivity index (χ3n) is 4.32. The van der Waals surface area contributed by atoms with E-state index in [1.54, 1.807) is 35.8 Å². The molecule has 0 aliphatic rings. The van der Waals surface area contributed by atoms with E-state index in [9.17, 15) is 9.59 Å². The number of amides is 1. The smallest absolute Gasteiger partial charge is 0.256 e. The van der Waals surface area contributed by atoms with Gasteiger partial charge in [0.2, 0.25) is 0 Å². The minimum atomic E-state index is -0.288. The summed E-state index contributed by atoms with van der Waals surface area (Å²) < 4.78 is 1.64. The molecule has 0 aliphatic carbocycles. The van der Waals surface area contributed by atoms with Crippen LogP contribution >= 0.6 is 11.6 Å². The molecule has 0 bridgehead atoms. The Morgan fingerprint density at radius 2 is 2.12 bits per heavy atom. The fraction of sp³-hybridized carbons (Fsp3) is 0.278. The molecule has 0 radical (unpaired) electrons. The molecule has 0 fully saturated rings. The predicted molar refractivity (Wildman–Crippen MR) is 102 cm³/mol. The largest absolute Gasteiger partial charge is 0.385 e. The van der Waals surface area contributed by atoms with Crippen molar-refractivity contribution >= 4 is 28.8 Å². The van der Waals surface area contributed by atoms with E-state index in [4.69, 9.17) is 11.6 Å². The Bertz CT molecular complexity index is 1040. The van der Waals surface area contributed by atoms with Gasteiger partial charge in [-0.1, -0.05) is 11.6 Å². The Balaban J connectivity index is 1.87. The number of nitrogens with one attached hydrogen (secondary N) is 3. The van der Waals surface area contributed by atoms with Crippen molar-refractivity contribution in [1.82, 2.24) is 19.9 Å². The van der Waals surface area contributed by atoms with Crippen molar-refractivity contribution in [3.05, 3.63) is 62.2 Å². The van der Waals surface area contributed by atoms with Crippen molar-refractivity contribution in [3.8, 4) is 0 Å². The summed E-state index contributed by atoms with van der Waals surface area (Å²) in [6, 6.07) is 5.13. The fourth-order valence-electron chi connectivity index (χ4n) is 2.91. The number of nitrogens with zero attached hydrogens (tertiary/aromatic N) is 2. The standard InChI is InChI=1S/C18H20ClN5O2/c1-4-20-15-8-12(19)7-13(10(15)2)17(25)21-9-14-11(3)24-16(5-6-22-24)23-18(14)26/h5-8,20H,4,9H2,1-3H3,(H,21,25)(H,23,26). The maximum Gasteiger partial charge on any atom is 0.256 e. The molecule has 0 saturated heterocycles. The highest BCUT2D eigenvalue weighted by molar-refractivity contribution is 6.31. The molecule has 0 unspecified atom stereocenters. The second-order valence-corrected chi connectivity index (χ2v) is 6.42. The normalized spacial score (nSPS) is 10.9. The Kier molecular flexibility index (Phi) is 4.99. The van der Waals surface area contributed by atoms with Crippen LogP contribution in [0, 0.1) is 13.8 Å². The molecule has 3 aromatic rings. The van der Waals surface area contributed by atoms with Crippen LogP contribution in [0.25, 0.3) is 5.65 Å². The SMILES string of the molecule is CCNc1cc(Cl)cc(C(=O)NCc2c(C)n3nccc3[nH]c2=O)c1C. The lowest BCUT2D eigenvalue weighted by atomic mass is 10.1. The summed E-state index contributed by atoms with van der Waals surface area (Å²) in [5, 5.41) is 10.6. The number of aryl methyl sites for hydroxylation is 1. The zero-order valence-corrected chi connectivity index (χ0v) is 15.6. The number of hydrogen-bond acceptors (Lipinski definition) is 4. The summed E-state index contributed by atoms with van der Waals surface area (Å²) in [5.74, 6) is -0.288. The van der Waals surface area contributed by atoms with Gasteiger partial charge in [0.1, 0.15) is 5.65 Å². The molecule has 0 spiro atoms. The summed E-state index contributed by atoms with van der Waals surface area (Å²) >= 11 is 6.14. The lowest BCUT2D eigenvalue weighted by Gasteiger charge is -2.14. The number of fused-ring (bicyclic) bond motifs is 1. The van der Waals surface area contributed by atoms with Gasteiger partial charge in [-0.2, -0.15) is 5.10 Å². The van der Waals surface area contributed by atoms with E-state index in [0.29, 0.717) is 27.5 Å². The number of H-pyrrole nitrogens is 1. The highest BCUT2D eigenvalue weighted by atomic mass is 35.5. The number of halogens is 1. The first kappa shape index (κ1) is 18.0. The van der Waals surface area contributed by atoms with Gasteiger partial charge in [-0.05, 0) is 38.5 Å². The van der Waals surface area contributed by atoms with Gasteiger partial charge in [-0.25, -0.2) is 4.52 Å². The second kappa shape index (κ2) is 7.21. The first-order valence-corrected chi connectivity index (χ1v) is 8.68. The van der Waals surface area contributed by atoms with Crippen molar-refractivity contribution in [1.29, 1.82) is 0 Å². The number of carbonyl (C=O) groups excluding carboxylic acids is 1. The lowest BCUT2D eigenvalue weighted by Crippen LogP contribution is -2.29. The molecule has 136 valence electrons. The van der Waals surface area contributed by atoms with E-state index >= 15 is 0 Å². The molecule has 8 heteroatoms. The highest BCUT2D eigenvalue weighted by Crippen LogP contribution is 2.25. The summed E-state index contributed by atoms with van der Waals surface area (Å²) in [5.41, 5.74) is 3.61. The van der Waals surface area contributed by atoms with Gasteiger partial charge in [0.05, 0.1) is 24.0 Å². The summed E-state index contributed by atoms with van der Waals surface area (Å²) in [7, 11) is 0. The third-order valence-corrected chi connectivity index (χ3v) is 4.54.